The Bertz CT molecular complexity index is 540. The Hall–Kier alpha value is -1.31. The second-order valence-corrected chi connectivity index (χ2v) is 6.95. The molecule has 3 rings (SSSR count). The molecular formula is C14H18F3N3OS. The van der Waals surface area contributed by atoms with Crippen LogP contribution in [0.25, 0.3) is 0 Å². The van der Waals surface area contributed by atoms with Crippen LogP contribution in [0.4, 0.5) is 18.3 Å². The van der Waals surface area contributed by atoms with Crippen molar-refractivity contribution in [3.05, 3.63) is 11.1 Å². The maximum absolute atomic E-state index is 12.5. The third-order valence-corrected chi connectivity index (χ3v) is 5.29. The lowest BCUT2D eigenvalue weighted by molar-refractivity contribution is -0.135. The number of nitrogens with one attached hydrogen (secondary N) is 1. The molecule has 22 heavy (non-hydrogen) atoms. The van der Waals surface area contributed by atoms with Gasteiger partial charge in [0.2, 0.25) is 5.91 Å². The van der Waals surface area contributed by atoms with Gasteiger partial charge in [-0.25, -0.2) is 4.98 Å². The number of carbonyl (C=O) groups is 1. The molecule has 1 aromatic heterocycles. The molecule has 1 aromatic rings. The van der Waals surface area contributed by atoms with Crippen LogP contribution in [0.3, 0.4) is 0 Å². The largest absolute Gasteiger partial charge is 0.427 e. The van der Waals surface area contributed by atoms with Crippen LogP contribution >= 0.6 is 11.3 Å². The van der Waals surface area contributed by atoms with Crippen LogP contribution in [0.5, 0.6) is 0 Å². The molecule has 1 aliphatic heterocycles. The minimum atomic E-state index is -4.35. The molecule has 8 heteroatoms. The monoisotopic (exact) mass is 333 g/mol. The molecule has 2 heterocycles. The van der Waals surface area contributed by atoms with Gasteiger partial charge >= 0.3 is 6.18 Å². The molecule has 1 amide bonds. The molecule has 2 fully saturated rings. The molecule has 0 aromatic carbocycles. The Morgan fingerprint density at radius 1 is 1.32 bits per heavy atom. The predicted octanol–water partition coefficient (Wildman–Crippen LogP) is 3.36. The summed E-state index contributed by atoms with van der Waals surface area (Å²) in [4.78, 5) is 17.2. The number of amides is 1. The number of carbonyl (C=O) groups excluding carboxylic acids is 1. The molecular weight excluding hydrogens is 315 g/mol. The molecule has 122 valence electrons. The lowest BCUT2D eigenvalue weighted by atomic mass is 10.1. The van der Waals surface area contributed by atoms with Gasteiger partial charge in [-0.3, -0.25) is 4.79 Å². The minimum Gasteiger partial charge on any atom is -0.357 e. The van der Waals surface area contributed by atoms with Crippen LogP contribution in [0.2, 0.25) is 0 Å². The Labute approximate surface area is 130 Å². The fourth-order valence-corrected chi connectivity index (χ4v) is 3.92. The predicted molar refractivity (Wildman–Crippen MR) is 77.7 cm³/mol. The van der Waals surface area contributed by atoms with E-state index in [-0.39, 0.29) is 23.0 Å². The molecule has 1 saturated heterocycles. The van der Waals surface area contributed by atoms with Gasteiger partial charge in [-0.15, -0.1) is 0 Å². The average Bonchev–Trinajstić information content (AvgIpc) is 3.19. The lowest BCUT2D eigenvalue weighted by Crippen LogP contribution is -2.35. The van der Waals surface area contributed by atoms with Gasteiger partial charge in [-0.1, -0.05) is 24.2 Å². The van der Waals surface area contributed by atoms with Gasteiger partial charge in [0, 0.05) is 25.0 Å². The number of anilines is 1. The number of likely N-dealkylation sites (tertiary alicyclic amines) is 1. The van der Waals surface area contributed by atoms with Gasteiger partial charge in [0.15, 0.2) is 5.13 Å². The van der Waals surface area contributed by atoms with Crippen molar-refractivity contribution in [2.45, 2.75) is 44.3 Å². The summed E-state index contributed by atoms with van der Waals surface area (Å²) in [5.41, 5.74) is 0. The summed E-state index contributed by atoms with van der Waals surface area (Å²) < 4.78 is 37.6. The van der Waals surface area contributed by atoms with E-state index in [4.69, 9.17) is 0 Å². The summed E-state index contributed by atoms with van der Waals surface area (Å²) in [6.07, 6.45) is 1.42. The number of halogens is 3. The van der Waals surface area contributed by atoms with E-state index >= 15 is 0 Å². The summed E-state index contributed by atoms with van der Waals surface area (Å²) >= 11 is 0.611. The van der Waals surface area contributed by atoms with E-state index in [2.05, 4.69) is 10.3 Å². The van der Waals surface area contributed by atoms with Crippen molar-refractivity contribution in [1.29, 1.82) is 0 Å². The molecule has 2 aliphatic rings. The number of rotatable bonds is 3. The first kappa shape index (κ1) is 15.6. The summed E-state index contributed by atoms with van der Waals surface area (Å²) in [5.74, 6) is 0.354. The van der Waals surface area contributed by atoms with E-state index in [1.165, 1.54) is 0 Å². The highest BCUT2D eigenvalue weighted by atomic mass is 32.1. The van der Waals surface area contributed by atoms with E-state index in [0.717, 1.165) is 38.3 Å². The highest BCUT2D eigenvalue weighted by Gasteiger charge is 2.35. The molecule has 1 N–H and O–H groups in total. The molecule has 0 bridgehead atoms. The zero-order valence-electron chi connectivity index (χ0n) is 12.0. The smallest absolute Gasteiger partial charge is 0.357 e. The van der Waals surface area contributed by atoms with Crippen LogP contribution in [-0.2, 0) is 11.0 Å². The summed E-state index contributed by atoms with van der Waals surface area (Å²) in [6.45, 7) is 1.22. The second kappa shape index (κ2) is 6.06. The zero-order chi connectivity index (χ0) is 15.7. The summed E-state index contributed by atoms with van der Waals surface area (Å²) in [6, 6.07) is -0.0161. The van der Waals surface area contributed by atoms with Crippen molar-refractivity contribution in [3.8, 4) is 0 Å². The first-order chi connectivity index (χ1) is 10.4. The van der Waals surface area contributed by atoms with Crippen molar-refractivity contribution >= 4 is 22.4 Å². The molecule has 0 radical (unpaired) electrons. The van der Waals surface area contributed by atoms with E-state index in [9.17, 15) is 18.0 Å². The van der Waals surface area contributed by atoms with E-state index in [1.807, 2.05) is 4.90 Å². The third kappa shape index (κ3) is 3.37. The minimum absolute atomic E-state index is 0.0161. The van der Waals surface area contributed by atoms with Gasteiger partial charge < -0.3 is 10.2 Å². The van der Waals surface area contributed by atoms with Crippen molar-refractivity contribution in [2.75, 3.05) is 18.4 Å². The SMILES string of the molecule is O=C(C1CCCC1)N1CC[C@H](Nc2ncc(C(F)(F)F)s2)C1. The van der Waals surface area contributed by atoms with Crippen molar-refractivity contribution < 1.29 is 18.0 Å². The van der Waals surface area contributed by atoms with Crippen molar-refractivity contribution in [2.24, 2.45) is 5.92 Å². The number of hydrogen-bond donors (Lipinski definition) is 1. The van der Waals surface area contributed by atoms with Crippen LogP contribution in [0.15, 0.2) is 6.20 Å². The van der Waals surface area contributed by atoms with Crippen molar-refractivity contribution in [1.82, 2.24) is 9.88 Å². The molecule has 1 atom stereocenters. The highest BCUT2D eigenvalue weighted by molar-refractivity contribution is 7.15. The van der Waals surface area contributed by atoms with Gasteiger partial charge in [0.1, 0.15) is 4.88 Å². The Morgan fingerprint density at radius 3 is 2.68 bits per heavy atom. The van der Waals surface area contributed by atoms with Gasteiger partial charge in [-0.2, -0.15) is 13.2 Å². The molecule has 0 spiro atoms. The van der Waals surface area contributed by atoms with Gasteiger partial charge in [0.05, 0.1) is 6.20 Å². The van der Waals surface area contributed by atoms with Gasteiger partial charge in [0.25, 0.3) is 0 Å². The maximum Gasteiger partial charge on any atom is 0.427 e. The van der Waals surface area contributed by atoms with Crippen LogP contribution in [0.1, 0.15) is 37.0 Å². The Kier molecular flexibility index (Phi) is 4.29. The topological polar surface area (TPSA) is 45.2 Å². The van der Waals surface area contributed by atoms with E-state index in [0.29, 0.717) is 24.4 Å². The van der Waals surface area contributed by atoms with E-state index < -0.39 is 11.1 Å². The number of alkyl halides is 3. The summed E-state index contributed by atoms with van der Waals surface area (Å²) in [7, 11) is 0. The summed E-state index contributed by atoms with van der Waals surface area (Å²) in [5, 5.41) is 3.29. The lowest BCUT2D eigenvalue weighted by Gasteiger charge is -2.20. The fourth-order valence-electron chi connectivity index (χ4n) is 3.16. The first-order valence-electron chi connectivity index (χ1n) is 7.52. The molecule has 1 aliphatic carbocycles. The quantitative estimate of drug-likeness (QED) is 0.922. The highest BCUT2D eigenvalue weighted by Crippen LogP contribution is 2.35. The van der Waals surface area contributed by atoms with E-state index in [1.54, 1.807) is 0 Å². The Morgan fingerprint density at radius 2 is 2.05 bits per heavy atom. The first-order valence-corrected chi connectivity index (χ1v) is 8.33. The number of hydrogen-bond acceptors (Lipinski definition) is 4. The molecule has 0 unspecified atom stereocenters. The molecule has 1 saturated carbocycles. The van der Waals surface area contributed by atoms with Crippen LogP contribution in [-0.4, -0.2) is 34.9 Å². The number of thiazole rings is 1. The number of nitrogens with zero attached hydrogens (tertiary/aromatic N) is 2. The zero-order valence-corrected chi connectivity index (χ0v) is 12.8. The third-order valence-electron chi connectivity index (χ3n) is 4.32. The normalized spacial score (nSPS) is 23.2. The van der Waals surface area contributed by atoms with Crippen LogP contribution in [0, 0.1) is 5.92 Å². The average molecular weight is 333 g/mol. The number of aromatic nitrogens is 1. The standard InChI is InChI=1S/C14H18F3N3OS/c15-14(16,17)11-7-18-13(22-11)19-10-5-6-20(8-10)12(21)9-3-1-2-4-9/h7,9-10H,1-6,8H2,(H,18,19)/t10-/m0/s1. The Balaban J connectivity index is 1.54. The van der Waals surface area contributed by atoms with Crippen LogP contribution < -0.4 is 5.32 Å². The van der Waals surface area contributed by atoms with Crippen molar-refractivity contribution in [3.63, 3.8) is 0 Å². The molecule has 4 nitrogen and oxygen atoms in total. The fraction of sp³-hybridized carbons (Fsp3) is 0.714. The van der Waals surface area contributed by atoms with Gasteiger partial charge in [-0.05, 0) is 19.3 Å². The maximum atomic E-state index is 12.5. The second-order valence-electron chi connectivity index (χ2n) is 5.92.